The van der Waals surface area contributed by atoms with Crippen LogP contribution in [0.4, 0.5) is 5.69 Å². The van der Waals surface area contributed by atoms with Crippen LogP contribution in [0.2, 0.25) is 0 Å². The lowest BCUT2D eigenvalue weighted by Gasteiger charge is -2.09. The molecular weight excluding hydrogens is 480 g/mol. The van der Waals surface area contributed by atoms with Crippen molar-refractivity contribution in [2.45, 2.75) is 33.6 Å². The molecule has 198 valence electrons. The first-order valence-corrected chi connectivity index (χ1v) is 13.0. The van der Waals surface area contributed by atoms with E-state index in [-0.39, 0.29) is 11.9 Å². The van der Waals surface area contributed by atoms with Gasteiger partial charge in [0.25, 0.3) is 5.91 Å². The van der Waals surface area contributed by atoms with Gasteiger partial charge in [0.2, 0.25) is 0 Å². The number of anilines is 1. The number of unbranched alkanes of at least 4 members (excludes halogenated alkanes) is 1. The van der Waals surface area contributed by atoms with Gasteiger partial charge in [-0.3, -0.25) is 4.79 Å². The lowest BCUT2D eigenvalue weighted by Crippen LogP contribution is -2.12. The molecule has 0 aliphatic heterocycles. The number of carbonyl (C=O) groups excluding carboxylic acids is 1. The molecule has 0 saturated carbocycles. The van der Waals surface area contributed by atoms with Crippen molar-refractivity contribution in [3.05, 3.63) is 83.9 Å². The van der Waals surface area contributed by atoms with Crippen molar-refractivity contribution < 1.29 is 19.0 Å². The Kier molecular flexibility index (Phi) is 9.48. The van der Waals surface area contributed by atoms with Crippen LogP contribution in [0.3, 0.4) is 0 Å². The van der Waals surface area contributed by atoms with E-state index in [9.17, 15) is 4.79 Å². The summed E-state index contributed by atoms with van der Waals surface area (Å²) in [6.45, 7) is 8.23. The van der Waals surface area contributed by atoms with Crippen molar-refractivity contribution in [2.24, 2.45) is 0 Å². The first-order valence-electron chi connectivity index (χ1n) is 13.0. The maximum atomic E-state index is 12.8. The highest BCUT2D eigenvalue weighted by atomic mass is 16.5. The van der Waals surface area contributed by atoms with E-state index in [0.717, 1.165) is 35.4 Å². The van der Waals surface area contributed by atoms with Gasteiger partial charge in [0.1, 0.15) is 12.4 Å². The molecule has 1 aromatic heterocycles. The number of hydrogen-bond acceptors (Lipinski definition) is 6. The molecule has 0 bridgehead atoms. The molecule has 8 nitrogen and oxygen atoms in total. The van der Waals surface area contributed by atoms with Crippen LogP contribution in [-0.4, -0.2) is 47.1 Å². The number of hydrogen-bond donors (Lipinski definition) is 1. The topological polar surface area (TPSA) is 87.5 Å². The van der Waals surface area contributed by atoms with Gasteiger partial charge in [0.15, 0.2) is 5.82 Å². The van der Waals surface area contributed by atoms with Crippen molar-refractivity contribution >= 4 is 11.6 Å². The fourth-order valence-electron chi connectivity index (χ4n) is 3.69. The molecule has 0 unspecified atom stereocenters. The third kappa shape index (κ3) is 7.20. The number of ether oxygens (including phenoxy) is 3. The number of benzene rings is 3. The Bertz CT molecular complexity index is 1300. The molecule has 0 fully saturated rings. The lowest BCUT2D eigenvalue weighted by molar-refractivity contribution is 0.102. The molecule has 0 spiro atoms. The zero-order valence-corrected chi connectivity index (χ0v) is 22.1. The second kappa shape index (κ2) is 13.4. The van der Waals surface area contributed by atoms with E-state index in [0.29, 0.717) is 43.5 Å². The third-order valence-corrected chi connectivity index (χ3v) is 5.81. The van der Waals surface area contributed by atoms with E-state index < -0.39 is 0 Å². The maximum Gasteiger partial charge on any atom is 0.336 e. The summed E-state index contributed by atoms with van der Waals surface area (Å²) in [6, 6.07) is 23.0. The van der Waals surface area contributed by atoms with Crippen molar-refractivity contribution in [1.82, 2.24) is 14.8 Å². The molecule has 0 aliphatic rings. The van der Waals surface area contributed by atoms with Gasteiger partial charge in [-0.25, -0.2) is 4.68 Å². The number of rotatable bonds is 13. The summed E-state index contributed by atoms with van der Waals surface area (Å²) in [4.78, 5) is 17.4. The quantitative estimate of drug-likeness (QED) is 0.217. The lowest BCUT2D eigenvalue weighted by atomic mass is 10.1. The van der Waals surface area contributed by atoms with Crippen molar-refractivity contribution in [3.63, 3.8) is 0 Å². The fourth-order valence-corrected chi connectivity index (χ4v) is 3.69. The first kappa shape index (κ1) is 26.9. The summed E-state index contributed by atoms with van der Waals surface area (Å²) < 4.78 is 18.5. The minimum atomic E-state index is -0.191. The monoisotopic (exact) mass is 514 g/mol. The fraction of sp³-hybridized carbons (Fsp3) is 0.300. The van der Waals surface area contributed by atoms with Gasteiger partial charge < -0.3 is 19.5 Å². The van der Waals surface area contributed by atoms with Gasteiger partial charge in [0, 0.05) is 23.4 Å². The predicted molar refractivity (Wildman–Crippen MR) is 148 cm³/mol. The smallest absolute Gasteiger partial charge is 0.336 e. The molecule has 4 rings (SSSR count). The van der Waals surface area contributed by atoms with E-state index in [1.807, 2.05) is 74.5 Å². The van der Waals surface area contributed by atoms with Gasteiger partial charge in [-0.15, -0.1) is 5.10 Å². The number of nitrogens with zero attached hydrogens (tertiary/aromatic N) is 3. The molecule has 0 atom stereocenters. The standard InChI is InChI=1S/C30H34N4O4/c1-4-6-19-37-27-17-11-24(12-18-27)29(35)31-25-13-15-26(16-14-25)34-28(23-9-7-22(3)8-10-23)32-30(33-34)38-21-20-36-5-2/h7-18H,4-6,19-21H2,1-3H3,(H,31,35). The Hall–Kier alpha value is -4.17. The third-order valence-electron chi connectivity index (χ3n) is 5.81. The Morgan fingerprint density at radius 3 is 2.29 bits per heavy atom. The van der Waals surface area contributed by atoms with E-state index in [1.165, 1.54) is 0 Å². The Morgan fingerprint density at radius 2 is 1.61 bits per heavy atom. The van der Waals surface area contributed by atoms with Crippen LogP contribution < -0.4 is 14.8 Å². The Balaban J connectivity index is 1.48. The average Bonchev–Trinajstić information content (AvgIpc) is 3.36. The predicted octanol–water partition coefficient (Wildman–Crippen LogP) is 6.09. The molecule has 1 N–H and O–H groups in total. The normalized spacial score (nSPS) is 10.8. The maximum absolute atomic E-state index is 12.8. The molecule has 0 radical (unpaired) electrons. The zero-order chi connectivity index (χ0) is 26.7. The van der Waals surface area contributed by atoms with Crippen molar-refractivity contribution in [3.8, 4) is 28.8 Å². The van der Waals surface area contributed by atoms with Crippen LogP contribution in [-0.2, 0) is 4.74 Å². The summed E-state index contributed by atoms with van der Waals surface area (Å²) in [5.41, 5.74) is 4.10. The van der Waals surface area contributed by atoms with Gasteiger partial charge in [-0.05, 0) is 68.8 Å². The van der Waals surface area contributed by atoms with Gasteiger partial charge in [0.05, 0.1) is 18.9 Å². The molecule has 0 saturated heterocycles. The summed E-state index contributed by atoms with van der Waals surface area (Å²) in [6.07, 6.45) is 2.08. The number of amides is 1. The van der Waals surface area contributed by atoms with E-state index in [1.54, 1.807) is 16.8 Å². The summed E-state index contributed by atoms with van der Waals surface area (Å²) in [5.74, 6) is 1.23. The molecular formula is C30H34N4O4. The van der Waals surface area contributed by atoms with Gasteiger partial charge in [-0.1, -0.05) is 43.2 Å². The van der Waals surface area contributed by atoms with Gasteiger partial charge >= 0.3 is 6.01 Å². The number of carbonyl (C=O) groups is 1. The van der Waals surface area contributed by atoms with Crippen molar-refractivity contribution in [1.29, 1.82) is 0 Å². The molecule has 38 heavy (non-hydrogen) atoms. The molecule has 1 heterocycles. The number of nitrogens with one attached hydrogen (secondary N) is 1. The van der Waals surface area contributed by atoms with Gasteiger partial charge in [-0.2, -0.15) is 4.98 Å². The van der Waals surface area contributed by atoms with Crippen LogP contribution in [0.25, 0.3) is 17.1 Å². The van der Waals surface area contributed by atoms with E-state index in [2.05, 4.69) is 22.3 Å². The van der Waals surface area contributed by atoms with E-state index >= 15 is 0 Å². The minimum Gasteiger partial charge on any atom is -0.494 e. The van der Waals surface area contributed by atoms with Crippen LogP contribution in [0.15, 0.2) is 72.8 Å². The zero-order valence-electron chi connectivity index (χ0n) is 22.1. The SMILES string of the molecule is CCCCOc1ccc(C(=O)Nc2ccc(-n3nc(OCCOCC)nc3-c3ccc(C)cc3)cc2)cc1. The highest BCUT2D eigenvalue weighted by molar-refractivity contribution is 6.04. The summed E-state index contributed by atoms with van der Waals surface area (Å²) in [5, 5.41) is 7.52. The number of aromatic nitrogens is 3. The van der Waals surface area contributed by atoms with Crippen molar-refractivity contribution in [2.75, 3.05) is 31.7 Å². The average molecular weight is 515 g/mol. The van der Waals surface area contributed by atoms with E-state index in [4.69, 9.17) is 14.2 Å². The molecule has 1 amide bonds. The Morgan fingerprint density at radius 1 is 0.868 bits per heavy atom. The second-order valence-corrected chi connectivity index (χ2v) is 8.77. The largest absolute Gasteiger partial charge is 0.494 e. The number of aryl methyl sites for hydroxylation is 1. The second-order valence-electron chi connectivity index (χ2n) is 8.77. The molecule has 8 heteroatoms. The molecule has 0 aliphatic carbocycles. The molecule has 3 aromatic carbocycles. The minimum absolute atomic E-state index is 0.191. The first-order chi connectivity index (χ1) is 18.6. The summed E-state index contributed by atoms with van der Waals surface area (Å²) >= 11 is 0. The van der Waals surface area contributed by atoms with Crippen LogP contribution >= 0.6 is 0 Å². The highest BCUT2D eigenvalue weighted by Gasteiger charge is 2.15. The summed E-state index contributed by atoms with van der Waals surface area (Å²) in [7, 11) is 0. The Labute approximate surface area is 223 Å². The van der Waals surface area contributed by atoms with Crippen LogP contribution in [0.5, 0.6) is 11.8 Å². The van der Waals surface area contributed by atoms with Crippen LogP contribution in [0.1, 0.15) is 42.6 Å². The highest BCUT2D eigenvalue weighted by Crippen LogP contribution is 2.25. The molecule has 4 aromatic rings. The van der Waals surface area contributed by atoms with Crippen LogP contribution in [0, 0.1) is 6.92 Å².